The van der Waals surface area contributed by atoms with Crippen molar-refractivity contribution in [3.8, 4) is 0 Å². The van der Waals surface area contributed by atoms with Crippen molar-refractivity contribution < 1.29 is 0 Å². The minimum absolute atomic E-state index is 0.727. The van der Waals surface area contributed by atoms with Gasteiger partial charge in [0.25, 0.3) is 0 Å². The molecule has 1 heterocycles. The molecule has 1 unspecified atom stereocenters. The number of hydrogen-bond acceptors (Lipinski definition) is 3. The zero-order valence-electron chi connectivity index (χ0n) is 9.45. The van der Waals surface area contributed by atoms with E-state index in [-0.39, 0.29) is 0 Å². The first kappa shape index (κ1) is 12.1. The lowest BCUT2D eigenvalue weighted by Gasteiger charge is -2.30. The maximum absolute atomic E-state index is 5.99. The van der Waals surface area contributed by atoms with Gasteiger partial charge >= 0.3 is 0 Å². The van der Waals surface area contributed by atoms with E-state index in [1.54, 1.807) is 6.07 Å². The molecule has 1 aromatic rings. The van der Waals surface area contributed by atoms with Crippen molar-refractivity contribution in [3.63, 3.8) is 0 Å². The zero-order chi connectivity index (χ0) is 11.5. The highest BCUT2D eigenvalue weighted by Crippen LogP contribution is 2.22. The van der Waals surface area contributed by atoms with Crippen molar-refractivity contribution >= 4 is 29.1 Å². The Kier molecular flexibility index (Phi) is 4.00. The smallest absolute Gasteiger partial charge is 0.0429 e. The van der Waals surface area contributed by atoms with Gasteiger partial charge in [0, 0.05) is 41.3 Å². The van der Waals surface area contributed by atoms with Gasteiger partial charge in [-0.15, -0.1) is 0 Å². The van der Waals surface area contributed by atoms with Gasteiger partial charge in [-0.25, -0.2) is 0 Å². The van der Waals surface area contributed by atoms with Crippen LogP contribution >= 0.6 is 23.4 Å². The lowest BCUT2D eigenvalue weighted by Crippen LogP contribution is -2.36. The van der Waals surface area contributed by atoms with Gasteiger partial charge in [-0.05, 0) is 23.8 Å². The van der Waals surface area contributed by atoms with Crippen molar-refractivity contribution in [2.75, 3.05) is 24.6 Å². The van der Waals surface area contributed by atoms with Gasteiger partial charge in [0.1, 0.15) is 0 Å². The van der Waals surface area contributed by atoms with Gasteiger partial charge in [-0.2, -0.15) is 11.8 Å². The molecule has 1 aliphatic rings. The van der Waals surface area contributed by atoms with E-state index in [0.717, 1.165) is 35.6 Å². The van der Waals surface area contributed by atoms with Crippen LogP contribution in [0.5, 0.6) is 0 Å². The molecule has 0 bridgehead atoms. The van der Waals surface area contributed by atoms with Crippen LogP contribution in [0.15, 0.2) is 18.2 Å². The summed E-state index contributed by atoms with van der Waals surface area (Å²) in [6, 6.07) is 5.81. The van der Waals surface area contributed by atoms with Crippen molar-refractivity contribution in [1.82, 2.24) is 4.90 Å². The molecule has 4 heteroatoms. The molecule has 2 rings (SSSR count). The Hall–Kier alpha value is -0.380. The molecule has 1 saturated heterocycles. The fourth-order valence-electron chi connectivity index (χ4n) is 2.06. The molecule has 0 amide bonds. The average Bonchev–Trinajstić information content (AvgIpc) is 2.15. The van der Waals surface area contributed by atoms with Gasteiger partial charge in [-0.1, -0.05) is 18.5 Å². The van der Waals surface area contributed by atoms with Crippen LogP contribution < -0.4 is 5.73 Å². The normalized spacial score (nSPS) is 22.2. The highest BCUT2D eigenvalue weighted by Gasteiger charge is 2.16. The summed E-state index contributed by atoms with van der Waals surface area (Å²) in [7, 11) is 0. The van der Waals surface area contributed by atoms with Crippen LogP contribution in [-0.2, 0) is 6.54 Å². The minimum atomic E-state index is 0.727. The quantitative estimate of drug-likeness (QED) is 0.825. The number of nitrogens with two attached hydrogens (primary N) is 1. The Morgan fingerprint density at radius 1 is 1.50 bits per heavy atom. The fourth-order valence-corrected chi connectivity index (χ4v) is 3.41. The second-order valence-corrected chi connectivity index (χ2v) is 6.29. The van der Waals surface area contributed by atoms with Crippen molar-refractivity contribution in [3.05, 3.63) is 28.8 Å². The first-order valence-electron chi connectivity index (χ1n) is 5.52. The van der Waals surface area contributed by atoms with E-state index in [9.17, 15) is 0 Å². The fraction of sp³-hybridized carbons (Fsp3) is 0.500. The molecule has 16 heavy (non-hydrogen) atoms. The van der Waals surface area contributed by atoms with Crippen molar-refractivity contribution in [2.24, 2.45) is 0 Å². The van der Waals surface area contributed by atoms with Gasteiger partial charge < -0.3 is 5.73 Å². The summed E-state index contributed by atoms with van der Waals surface area (Å²) in [6.45, 7) is 5.54. The number of rotatable bonds is 2. The van der Waals surface area contributed by atoms with E-state index in [1.165, 1.54) is 11.3 Å². The van der Waals surface area contributed by atoms with E-state index in [2.05, 4.69) is 11.8 Å². The summed E-state index contributed by atoms with van der Waals surface area (Å²) in [5, 5.41) is 1.46. The molecule has 2 nitrogen and oxygen atoms in total. The predicted octanol–water partition coefficient (Wildman–Crippen LogP) is 2.86. The topological polar surface area (TPSA) is 29.3 Å². The summed E-state index contributed by atoms with van der Waals surface area (Å²) in [4.78, 5) is 2.46. The predicted molar refractivity (Wildman–Crippen MR) is 73.1 cm³/mol. The summed E-state index contributed by atoms with van der Waals surface area (Å²) in [5.41, 5.74) is 7.75. The molecule has 0 aliphatic carbocycles. The molecule has 1 aliphatic heterocycles. The standard InChI is InChI=1S/C12H17ClN2S/c1-9-7-15(2-3-16-9)8-10-4-11(13)6-12(14)5-10/h4-6,9H,2-3,7-8,14H2,1H3. The molecule has 1 aromatic carbocycles. The Morgan fingerprint density at radius 3 is 3.00 bits per heavy atom. The third kappa shape index (κ3) is 3.30. The van der Waals surface area contributed by atoms with Gasteiger partial charge in [0.05, 0.1) is 0 Å². The molecule has 0 spiro atoms. The van der Waals surface area contributed by atoms with Crippen molar-refractivity contribution in [2.45, 2.75) is 18.7 Å². The first-order valence-corrected chi connectivity index (χ1v) is 6.95. The van der Waals surface area contributed by atoms with Crippen LogP contribution in [0.4, 0.5) is 5.69 Å². The Bertz CT molecular complexity index is 350. The monoisotopic (exact) mass is 256 g/mol. The van der Waals surface area contributed by atoms with E-state index >= 15 is 0 Å². The second kappa shape index (κ2) is 5.30. The van der Waals surface area contributed by atoms with Crippen LogP contribution in [-0.4, -0.2) is 29.0 Å². The highest BCUT2D eigenvalue weighted by atomic mass is 35.5. The number of thioether (sulfide) groups is 1. The SMILES string of the molecule is CC1CN(Cc2cc(N)cc(Cl)c2)CCS1. The van der Waals surface area contributed by atoms with E-state index < -0.39 is 0 Å². The largest absolute Gasteiger partial charge is 0.399 e. The average molecular weight is 257 g/mol. The van der Waals surface area contributed by atoms with Gasteiger partial charge in [0.2, 0.25) is 0 Å². The third-order valence-electron chi connectivity index (χ3n) is 2.71. The Morgan fingerprint density at radius 2 is 2.31 bits per heavy atom. The van der Waals surface area contributed by atoms with Gasteiger partial charge in [-0.3, -0.25) is 4.90 Å². The molecule has 88 valence electrons. The van der Waals surface area contributed by atoms with Crippen LogP contribution in [0, 0.1) is 0 Å². The number of anilines is 1. The van der Waals surface area contributed by atoms with Crippen LogP contribution in [0.3, 0.4) is 0 Å². The minimum Gasteiger partial charge on any atom is -0.399 e. The van der Waals surface area contributed by atoms with E-state index in [4.69, 9.17) is 17.3 Å². The number of halogens is 1. The molecule has 1 atom stereocenters. The first-order chi connectivity index (χ1) is 7.63. The van der Waals surface area contributed by atoms with E-state index in [0.29, 0.717) is 0 Å². The number of nitrogen functional groups attached to an aromatic ring is 1. The van der Waals surface area contributed by atoms with Crippen LogP contribution in [0.1, 0.15) is 12.5 Å². The summed E-state index contributed by atoms with van der Waals surface area (Å²) < 4.78 is 0. The molecule has 0 saturated carbocycles. The number of benzene rings is 1. The second-order valence-electron chi connectivity index (χ2n) is 4.31. The molecule has 0 radical (unpaired) electrons. The molecule has 2 N–H and O–H groups in total. The molecular formula is C12H17ClN2S. The molecular weight excluding hydrogens is 240 g/mol. The highest BCUT2D eigenvalue weighted by molar-refractivity contribution is 7.99. The molecule has 1 fully saturated rings. The zero-order valence-corrected chi connectivity index (χ0v) is 11.0. The van der Waals surface area contributed by atoms with Crippen LogP contribution in [0.2, 0.25) is 5.02 Å². The van der Waals surface area contributed by atoms with Gasteiger partial charge in [0.15, 0.2) is 0 Å². The molecule has 0 aromatic heterocycles. The Balaban J connectivity index is 2.02. The lowest BCUT2D eigenvalue weighted by molar-refractivity contribution is 0.278. The summed E-state index contributed by atoms with van der Waals surface area (Å²) in [6.07, 6.45) is 0. The van der Waals surface area contributed by atoms with E-state index in [1.807, 2.05) is 23.9 Å². The Labute approximate surface area is 106 Å². The maximum Gasteiger partial charge on any atom is 0.0429 e. The lowest BCUT2D eigenvalue weighted by atomic mass is 10.2. The maximum atomic E-state index is 5.99. The summed E-state index contributed by atoms with van der Waals surface area (Å²) in [5.74, 6) is 1.22. The van der Waals surface area contributed by atoms with Crippen molar-refractivity contribution in [1.29, 1.82) is 0 Å². The number of hydrogen-bond donors (Lipinski definition) is 1. The number of nitrogens with zero attached hydrogens (tertiary/aromatic N) is 1. The van der Waals surface area contributed by atoms with Crippen LogP contribution in [0.25, 0.3) is 0 Å². The summed E-state index contributed by atoms with van der Waals surface area (Å²) >= 11 is 8.04. The third-order valence-corrected chi connectivity index (χ3v) is 4.07.